The number of nitrogens with zero attached hydrogens (tertiary/aromatic N) is 2. The van der Waals surface area contributed by atoms with E-state index in [1.54, 1.807) is 24.5 Å². The van der Waals surface area contributed by atoms with E-state index in [-0.39, 0.29) is 11.7 Å². The van der Waals surface area contributed by atoms with E-state index in [4.69, 9.17) is 4.84 Å². The van der Waals surface area contributed by atoms with Crippen molar-refractivity contribution in [1.82, 2.24) is 10.3 Å². The van der Waals surface area contributed by atoms with Gasteiger partial charge in [0, 0.05) is 25.4 Å². The number of hydrogen-bond donors (Lipinski definition) is 1. The maximum atomic E-state index is 12.9. The Morgan fingerprint density at radius 1 is 1.32 bits per heavy atom. The molecule has 22 heavy (non-hydrogen) atoms. The second-order valence-electron chi connectivity index (χ2n) is 4.92. The molecule has 0 spiro atoms. The van der Waals surface area contributed by atoms with Crippen LogP contribution in [0.1, 0.15) is 17.5 Å². The molecule has 0 fully saturated rings. The highest BCUT2D eigenvalue weighted by Crippen LogP contribution is 2.17. The number of rotatable bonds is 4. The molecule has 0 aliphatic carbocycles. The Kier molecular flexibility index (Phi) is 4.09. The minimum Gasteiger partial charge on any atom is -0.382 e. The number of nitrogens with one attached hydrogen (secondary N) is 1. The number of halogens is 1. The first-order valence-corrected chi connectivity index (χ1v) is 6.87. The summed E-state index contributed by atoms with van der Waals surface area (Å²) in [5, 5.41) is 6.70. The number of pyridine rings is 1. The van der Waals surface area contributed by atoms with Crippen LogP contribution in [-0.2, 0) is 16.2 Å². The summed E-state index contributed by atoms with van der Waals surface area (Å²) < 4.78 is 12.9. The standard InChI is InChI=1S/C16H14FN3O2/c17-13-5-3-12(4-6-13)14-8-15(22-20-14)16(21)19-10-11-2-1-7-18-9-11/h1-7,9,15H,8,10H2,(H,19,21)/t15-/m0/s1. The van der Waals surface area contributed by atoms with Crippen LogP contribution in [0.2, 0.25) is 0 Å². The molecule has 0 radical (unpaired) electrons. The smallest absolute Gasteiger partial charge is 0.264 e. The van der Waals surface area contributed by atoms with Gasteiger partial charge in [0.05, 0.1) is 5.71 Å². The maximum Gasteiger partial charge on any atom is 0.264 e. The fourth-order valence-corrected chi connectivity index (χ4v) is 2.14. The third-order valence-electron chi connectivity index (χ3n) is 3.33. The molecule has 1 aliphatic rings. The van der Waals surface area contributed by atoms with Crippen molar-refractivity contribution in [2.75, 3.05) is 0 Å². The van der Waals surface area contributed by atoms with Gasteiger partial charge in [-0.15, -0.1) is 0 Å². The van der Waals surface area contributed by atoms with Crippen molar-refractivity contribution in [3.8, 4) is 0 Å². The quantitative estimate of drug-likeness (QED) is 0.939. The number of carbonyl (C=O) groups is 1. The Morgan fingerprint density at radius 3 is 2.86 bits per heavy atom. The molecule has 112 valence electrons. The van der Waals surface area contributed by atoms with Crippen LogP contribution in [0.25, 0.3) is 0 Å². The van der Waals surface area contributed by atoms with Crippen LogP contribution in [-0.4, -0.2) is 22.7 Å². The average Bonchev–Trinajstić information content (AvgIpc) is 3.04. The predicted molar refractivity (Wildman–Crippen MR) is 78.5 cm³/mol. The third kappa shape index (κ3) is 3.28. The minimum absolute atomic E-state index is 0.232. The van der Waals surface area contributed by atoms with E-state index in [2.05, 4.69) is 15.5 Å². The Bertz CT molecular complexity index is 686. The molecule has 1 N–H and O–H groups in total. The first-order valence-electron chi connectivity index (χ1n) is 6.87. The van der Waals surface area contributed by atoms with Crippen LogP contribution < -0.4 is 5.32 Å². The summed E-state index contributed by atoms with van der Waals surface area (Å²) in [6, 6.07) is 9.63. The predicted octanol–water partition coefficient (Wildman–Crippen LogP) is 2.03. The molecular formula is C16H14FN3O2. The van der Waals surface area contributed by atoms with Crippen molar-refractivity contribution in [1.29, 1.82) is 0 Å². The summed E-state index contributed by atoms with van der Waals surface area (Å²) in [6.45, 7) is 0.387. The second-order valence-corrected chi connectivity index (χ2v) is 4.92. The van der Waals surface area contributed by atoms with Crippen LogP contribution >= 0.6 is 0 Å². The van der Waals surface area contributed by atoms with E-state index < -0.39 is 6.10 Å². The van der Waals surface area contributed by atoms with Crippen molar-refractivity contribution >= 4 is 11.6 Å². The molecule has 0 saturated carbocycles. The molecule has 0 saturated heterocycles. The summed E-state index contributed by atoms with van der Waals surface area (Å²) >= 11 is 0. The van der Waals surface area contributed by atoms with Gasteiger partial charge in [0.1, 0.15) is 5.82 Å². The first-order chi connectivity index (χ1) is 10.7. The number of hydrogen-bond acceptors (Lipinski definition) is 4. The van der Waals surface area contributed by atoms with Crippen LogP contribution in [0.3, 0.4) is 0 Å². The SMILES string of the molecule is O=C(NCc1cccnc1)[C@@H]1CC(c2ccc(F)cc2)=NO1. The normalized spacial score (nSPS) is 16.8. The lowest BCUT2D eigenvalue weighted by molar-refractivity contribution is -0.131. The van der Waals surface area contributed by atoms with Crippen molar-refractivity contribution in [2.45, 2.75) is 19.1 Å². The van der Waals surface area contributed by atoms with Crippen LogP contribution in [0.15, 0.2) is 53.9 Å². The lowest BCUT2D eigenvalue weighted by Gasteiger charge is -2.09. The van der Waals surface area contributed by atoms with Gasteiger partial charge >= 0.3 is 0 Å². The minimum atomic E-state index is -0.656. The van der Waals surface area contributed by atoms with Crippen molar-refractivity contribution in [2.24, 2.45) is 5.16 Å². The topological polar surface area (TPSA) is 63.6 Å². The number of aromatic nitrogens is 1. The average molecular weight is 299 g/mol. The summed E-state index contributed by atoms with van der Waals surface area (Å²) in [6.07, 6.45) is 3.08. The van der Waals surface area contributed by atoms with Gasteiger partial charge in [-0.25, -0.2) is 4.39 Å². The summed E-state index contributed by atoms with van der Waals surface area (Å²) in [5.41, 5.74) is 2.30. The fraction of sp³-hybridized carbons (Fsp3) is 0.188. The van der Waals surface area contributed by atoms with Crippen LogP contribution in [0.4, 0.5) is 4.39 Å². The van der Waals surface area contributed by atoms with E-state index >= 15 is 0 Å². The van der Waals surface area contributed by atoms with Crippen molar-refractivity contribution in [3.63, 3.8) is 0 Å². The zero-order valence-electron chi connectivity index (χ0n) is 11.7. The molecular weight excluding hydrogens is 285 g/mol. The molecule has 6 heteroatoms. The van der Waals surface area contributed by atoms with E-state index in [9.17, 15) is 9.18 Å². The Labute approximate surface area is 126 Å². The zero-order chi connectivity index (χ0) is 15.4. The van der Waals surface area contributed by atoms with Gasteiger partial charge in [0.15, 0.2) is 0 Å². The molecule has 1 amide bonds. The maximum absolute atomic E-state index is 12.9. The summed E-state index contributed by atoms with van der Waals surface area (Å²) in [7, 11) is 0. The number of amides is 1. The van der Waals surface area contributed by atoms with E-state index in [0.29, 0.717) is 18.7 Å². The Hall–Kier alpha value is -2.76. The van der Waals surface area contributed by atoms with E-state index in [1.807, 2.05) is 12.1 Å². The molecule has 2 heterocycles. The molecule has 5 nitrogen and oxygen atoms in total. The Balaban J connectivity index is 1.55. The molecule has 1 aromatic carbocycles. The highest BCUT2D eigenvalue weighted by Gasteiger charge is 2.28. The second kappa shape index (κ2) is 6.34. The van der Waals surface area contributed by atoms with Gasteiger partial charge in [-0.05, 0) is 29.3 Å². The van der Waals surface area contributed by atoms with Crippen molar-refractivity contribution < 1.29 is 14.0 Å². The highest BCUT2D eigenvalue weighted by molar-refractivity contribution is 6.04. The molecule has 1 aliphatic heterocycles. The number of carbonyl (C=O) groups excluding carboxylic acids is 1. The molecule has 0 unspecified atom stereocenters. The molecule has 1 aromatic heterocycles. The van der Waals surface area contributed by atoms with Gasteiger partial charge in [0.2, 0.25) is 6.10 Å². The lowest BCUT2D eigenvalue weighted by Crippen LogP contribution is -2.34. The van der Waals surface area contributed by atoms with E-state index in [1.165, 1.54) is 12.1 Å². The van der Waals surface area contributed by atoms with Crippen molar-refractivity contribution in [3.05, 3.63) is 65.7 Å². The monoisotopic (exact) mass is 299 g/mol. The lowest BCUT2D eigenvalue weighted by atomic mass is 10.0. The molecule has 0 bridgehead atoms. The van der Waals surface area contributed by atoms with Gasteiger partial charge in [-0.2, -0.15) is 0 Å². The number of oxime groups is 1. The van der Waals surface area contributed by atoms with Gasteiger partial charge in [-0.1, -0.05) is 23.4 Å². The van der Waals surface area contributed by atoms with E-state index in [0.717, 1.165) is 11.1 Å². The fourth-order valence-electron chi connectivity index (χ4n) is 2.14. The van der Waals surface area contributed by atoms with Gasteiger partial charge < -0.3 is 10.2 Å². The van der Waals surface area contributed by atoms with Gasteiger partial charge in [-0.3, -0.25) is 9.78 Å². The number of benzene rings is 1. The third-order valence-corrected chi connectivity index (χ3v) is 3.33. The van der Waals surface area contributed by atoms with Crippen LogP contribution in [0, 0.1) is 5.82 Å². The zero-order valence-corrected chi connectivity index (χ0v) is 11.7. The first kappa shape index (κ1) is 14.2. The largest absolute Gasteiger partial charge is 0.382 e. The summed E-state index contributed by atoms with van der Waals surface area (Å²) in [5.74, 6) is -0.543. The molecule has 3 rings (SSSR count). The van der Waals surface area contributed by atoms with Crippen LogP contribution in [0.5, 0.6) is 0 Å². The van der Waals surface area contributed by atoms with Gasteiger partial charge in [0.25, 0.3) is 5.91 Å². The highest BCUT2D eigenvalue weighted by atomic mass is 19.1. The molecule has 2 aromatic rings. The Morgan fingerprint density at radius 2 is 2.14 bits per heavy atom. The molecule has 1 atom stereocenters. The summed E-state index contributed by atoms with van der Waals surface area (Å²) in [4.78, 5) is 21.2.